The number of aliphatic hydroxyl groups is 1. The molecule has 0 aromatic carbocycles. The highest BCUT2D eigenvalue weighted by molar-refractivity contribution is 5.67. The lowest BCUT2D eigenvalue weighted by Gasteiger charge is -2.27. The van der Waals surface area contributed by atoms with E-state index in [4.69, 9.17) is 9.84 Å². The molecule has 1 fully saturated rings. The lowest BCUT2D eigenvalue weighted by atomic mass is 9.87. The van der Waals surface area contributed by atoms with Crippen LogP contribution in [0.25, 0.3) is 0 Å². The molecule has 1 aliphatic rings. The monoisotopic (exact) mass is 213 g/mol. The number of ether oxygens (including phenoxy) is 1. The minimum Gasteiger partial charge on any atom is -0.445 e. The molecule has 15 heavy (non-hydrogen) atoms. The van der Waals surface area contributed by atoms with E-state index in [-0.39, 0.29) is 25.3 Å². The van der Waals surface area contributed by atoms with Gasteiger partial charge in [0, 0.05) is 12.6 Å². The van der Waals surface area contributed by atoms with Crippen molar-refractivity contribution in [3.05, 3.63) is 12.7 Å². The quantitative estimate of drug-likeness (QED) is 0.695. The van der Waals surface area contributed by atoms with E-state index in [1.807, 2.05) is 0 Å². The molecular formula is C11H19NO3. The fraction of sp³-hybridized carbons (Fsp3) is 0.727. The normalized spacial score (nSPS) is 25.7. The average Bonchev–Trinajstić information content (AvgIpc) is 2.27. The van der Waals surface area contributed by atoms with E-state index in [9.17, 15) is 4.79 Å². The first kappa shape index (κ1) is 12.0. The SMILES string of the molecule is C=CCOC(=O)NC1CCC(CO)CC1. The summed E-state index contributed by atoms with van der Waals surface area (Å²) in [5, 5.41) is 11.8. The predicted octanol–water partition coefficient (Wildman–Crippen LogP) is 1.45. The van der Waals surface area contributed by atoms with Gasteiger partial charge in [-0.3, -0.25) is 0 Å². The molecule has 0 aromatic rings. The van der Waals surface area contributed by atoms with E-state index in [0.29, 0.717) is 5.92 Å². The van der Waals surface area contributed by atoms with Gasteiger partial charge in [0.15, 0.2) is 0 Å². The Balaban J connectivity index is 2.17. The average molecular weight is 213 g/mol. The summed E-state index contributed by atoms with van der Waals surface area (Å²) >= 11 is 0. The number of hydrogen-bond donors (Lipinski definition) is 2. The Bertz CT molecular complexity index is 210. The summed E-state index contributed by atoms with van der Waals surface area (Å²) in [4.78, 5) is 11.2. The lowest BCUT2D eigenvalue weighted by Crippen LogP contribution is -2.38. The minimum atomic E-state index is -0.373. The van der Waals surface area contributed by atoms with E-state index in [2.05, 4.69) is 11.9 Å². The van der Waals surface area contributed by atoms with Crippen LogP contribution < -0.4 is 5.32 Å². The molecule has 1 aliphatic carbocycles. The molecule has 1 rings (SSSR count). The van der Waals surface area contributed by atoms with Gasteiger partial charge < -0.3 is 15.2 Å². The summed E-state index contributed by atoms with van der Waals surface area (Å²) in [6, 6.07) is 0.199. The van der Waals surface area contributed by atoms with Crippen molar-refractivity contribution in [2.24, 2.45) is 5.92 Å². The van der Waals surface area contributed by atoms with Crippen LogP contribution in [0.2, 0.25) is 0 Å². The number of rotatable bonds is 4. The molecule has 0 spiro atoms. The molecule has 0 heterocycles. The molecule has 0 atom stereocenters. The second-order valence-electron chi connectivity index (χ2n) is 3.93. The van der Waals surface area contributed by atoms with Crippen LogP contribution in [0, 0.1) is 5.92 Å². The van der Waals surface area contributed by atoms with Crippen LogP contribution in [-0.2, 0) is 4.74 Å². The van der Waals surface area contributed by atoms with Gasteiger partial charge in [-0.15, -0.1) is 0 Å². The van der Waals surface area contributed by atoms with Gasteiger partial charge >= 0.3 is 6.09 Å². The third-order valence-electron chi connectivity index (χ3n) is 2.76. The predicted molar refractivity (Wildman–Crippen MR) is 57.5 cm³/mol. The number of aliphatic hydroxyl groups excluding tert-OH is 1. The molecule has 4 nitrogen and oxygen atoms in total. The Morgan fingerprint density at radius 1 is 1.47 bits per heavy atom. The molecule has 4 heteroatoms. The maximum absolute atomic E-state index is 11.2. The van der Waals surface area contributed by atoms with Crippen molar-refractivity contribution in [1.82, 2.24) is 5.32 Å². The zero-order chi connectivity index (χ0) is 11.1. The molecule has 0 saturated heterocycles. The molecule has 86 valence electrons. The van der Waals surface area contributed by atoms with Gasteiger partial charge in [0.1, 0.15) is 6.61 Å². The number of nitrogens with one attached hydrogen (secondary N) is 1. The van der Waals surface area contributed by atoms with Crippen molar-refractivity contribution in [3.8, 4) is 0 Å². The highest BCUT2D eigenvalue weighted by atomic mass is 16.5. The Hall–Kier alpha value is -1.03. The maximum atomic E-state index is 11.2. The van der Waals surface area contributed by atoms with Gasteiger partial charge in [0.05, 0.1) is 0 Å². The Morgan fingerprint density at radius 2 is 2.13 bits per heavy atom. The lowest BCUT2D eigenvalue weighted by molar-refractivity contribution is 0.141. The van der Waals surface area contributed by atoms with Gasteiger partial charge in [0.25, 0.3) is 0 Å². The molecule has 0 radical (unpaired) electrons. The second-order valence-corrected chi connectivity index (χ2v) is 3.93. The summed E-state index contributed by atoms with van der Waals surface area (Å²) in [5.74, 6) is 0.409. The zero-order valence-electron chi connectivity index (χ0n) is 8.95. The number of carbonyl (C=O) groups excluding carboxylic acids is 1. The maximum Gasteiger partial charge on any atom is 0.407 e. The first-order valence-electron chi connectivity index (χ1n) is 5.41. The van der Waals surface area contributed by atoms with Gasteiger partial charge in [-0.2, -0.15) is 0 Å². The van der Waals surface area contributed by atoms with Crippen LogP contribution >= 0.6 is 0 Å². The fourth-order valence-corrected chi connectivity index (χ4v) is 1.83. The standard InChI is InChI=1S/C11H19NO3/c1-2-7-15-11(14)12-10-5-3-9(8-13)4-6-10/h2,9-10,13H,1,3-8H2,(H,12,14). The zero-order valence-corrected chi connectivity index (χ0v) is 8.95. The molecule has 1 saturated carbocycles. The van der Waals surface area contributed by atoms with Gasteiger partial charge in [0.2, 0.25) is 0 Å². The van der Waals surface area contributed by atoms with Crippen LogP contribution in [0.5, 0.6) is 0 Å². The topological polar surface area (TPSA) is 58.6 Å². The highest BCUT2D eigenvalue weighted by Gasteiger charge is 2.21. The van der Waals surface area contributed by atoms with Crippen molar-refractivity contribution >= 4 is 6.09 Å². The first-order chi connectivity index (χ1) is 7.26. The Morgan fingerprint density at radius 3 is 2.67 bits per heavy atom. The van der Waals surface area contributed by atoms with Crippen molar-refractivity contribution < 1.29 is 14.6 Å². The van der Waals surface area contributed by atoms with E-state index in [1.54, 1.807) is 6.08 Å². The van der Waals surface area contributed by atoms with Crippen molar-refractivity contribution in [2.45, 2.75) is 31.7 Å². The van der Waals surface area contributed by atoms with Crippen LogP contribution in [-0.4, -0.2) is 30.5 Å². The van der Waals surface area contributed by atoms with Crippen molar-refractivity contribution in [2.75, 3.05) is 13.2 Å². The van der Waals surface area contributed by atoms with E-state index in [0.717, 1.165) is 25.7 Å². The van der Waals surface area contributed by atoms with Gasteiger partial charge in [-0.1, -0.05) is 12.7 Å². The third kappa shape index (κ3) is 4.34. The molecule has 0 aromatic heterocycles. The molecule has 1 amide bonds. The first-order valence-corrected chi connectivity index (χ1v) is 5.41. The molecule has 0 bridgehead atoms. The van der Waals surface area contributed by atoms with Gasteiger partial charge in [-0.05, 0) is 31.6 Å². The second kappa shape index (κ2) is 6.45. The van der Waals surface area contributed by atoms with Crippen LogP contribution in [0.1, 0.15) is 25.7 Å². The molecule has 0 aliphatic heterocycles. The minimum absolute atomic E-state index is 0.199. The summed E-state index contributed by atoms with van der Waals surface area (Å²) < 4.78 is 4.83. The van der Waals surface area contributed by atoms with Crippen molar-refractivity contribution in [1.29, 1.82) is 0 Å². The van der Waals surface area contributed by atoms with Crippen LogP contribution in [0.15, 0.2) is 12.7 Å². The van der Waals surface area contributed by atoms with Crippen LogP contribution in [0.4, 0.5) is 4.79 Å². The molecule has 0 unspecified atom stereocenters. The molecular weight excluding hydrogens is 194 g/mol. The smallest absolute Gasteiger partial charge is 0.407 e. The van der Waals surface area contributed by atoms with Gasteiger partial charge in [-0.25, -0.2) is 4.79 Å². The van der Waals surface area contributed by atoms with E-state index >= 15 is 0 Å². The molecule has 2 N–H and O–H groups in total. The van der Waals surface area contributed by atoms with E-state index in [1.165, 1.54) is 0 Å². The number of amides is 1. The third-order valence-corrected chi connectivity index (χ3v) is 2.76. The number of alkyl carbamates (subject to hydrolysis) is 1. The van der Waals surface area contributed by atoms with Crippen molar-refractivity contribution in [3.63, 3.8) is 0 Å². The fourth-order valence-electron chi connectivity index (χ4n) is 1.83. The summed E-state index contributed by atoms with van der Waals surface area (Å²) in [5.41, 5.74) is 0. The van der Waals surface area contributed by atoms with E-state index < -0.39 is 0 Å². The summed E-state index contributed by atoms with van der Waals surface area (Å²) in [7, 11) is 0. The summed E-state index contributed by atoms with van der Waals surface area (Å²) in [6.07, 6.45) is 4.97. The Labute approximate surface area is 90.3 Å². The highest BCUT2D eigenvalue weighted by Crippen LogP contribution is 2.23. The number of hydrogen-bond acceptors (Lipinski definition) is 3. The number of carbonyl (C=O) groups is 1. The van der Waals surface area contributed by atoms with Crippen LogP contribution in [0.3, 0.4) is 0 Å². The Kier molecular flexibility index (Phi) is 5.18. The summed E-state index contributed by atoms with van der Waals surface area (Å²) in [6.45, 7) is 3.97. The largest absolute Gasteiger partial charge is 0.445 e.